The highest BCUT2D eigenvalue weighted by Gasteiger charge is 2.14. The molecule has 1 aromatic carbocycles. The van der Waals surface area contributed by atoms with Crippen molar-refractivity contribution in [3.05, 3.63) is 28.2 Å². The molecule has 1 unspecified atom stereocenters. The Balaban J connectivity index is 2.65. The maximum Gasteiger partial charge on any atom is 0.225 e. The summed E-state index contributed by atoms with van der Waals surface area (Å²) >= 11 is 3.36. The number of aryl methyl sites for hydroxylation is 1. The summed E-state index contributed by atoms with van der Waals surface area (Å²) < 4.78 is 0.817. The van der Waals surface area contributed by atoms with Crippen LogP contribution in [0.5, 0.6) is 0 Å². The van der Waals surface area contributed by atoms with Crippen molar-refractivity contribution >= 4 is 33.4 Å². The second-order valence-corrected chi connectivity index (χ2v) is 4.89. The smallest absolute Gasteiger partial charge is 0.225 e. The van der Waals surface area contributed by atoms with E-state index in [4.69, 9.17) is 5.73 Å². The molecule has 4 nitrogen and oxygen atoms in total. The van der Waals surface area contributed by atoms with E-state index in [0.29, 0.717) is 5.69 Å². The molecule has 0 aromatic heterocycles. The SMILES string of the molecule is Cc1ccc(NC(=O)CC(C)C(N)=O)c(Br)c1. The zero-order valence-corrected chi connectivity index (χ0v) is 11.4. The highest BCUT2D eigenvalue weighted by atomic mass is 79.9. The number of carbonyl (C=O) groups excluding carboxylic acids is 2. The number of hydrogen-bond donors (Lipinski definition) is 2. The van der Waals surface area contributed by atoms with Gasteiger partial charge in [0.25, 0.3) is 0 Å². The van der Waals surface area contributed by atoms with Crippen LogP contribution in [0, 0.1) is 12.8 Å². The van der Waals surface area contributed by atoms with E-state index in [-0.39, 0.29) is 12.3 Å². The van der Waals surface area contributed by atoms with Gasteiger partial charge in [0.2, 0.25) is 11.8 Å². The van der Waals surface area contributed by atoms with Gasteiger partial charge in [-0.05, 0) is 40.5 Å². The summed E-state index contributed by atoms with van der Waals surface area (Å²) in [5.74, 6) is -1.15. The van der Waals surface area contributed by atoms with Gasteiger partial charge in [-0.15, -0.1) is 0 Å². The number of rotatable bonds is 4. The molecule has 0 aliphatic heterocycles. The van der Waals surface area contributed by atoms with Gasteiger partial charge in [-0.1, -0.05) is 13.0 Å². The van der Waals surface area contributed by atoms with Crippen LogP contribution in [-0.2, 0) is 9.59 Å². The molecule has 0 bridgehead atoms. The van der Waals surface area contributed by atoms with E-state index in [1.54, 1.807) is 6.92 Å². The molecular formula is C12H15BrN2O2. The third-order valence-corrected chi connectivity index (χ3v) is 3.03. The quantitative estimate of drug-likeness (QED) is 0.894. The molecule has 2 amide bonds. The fourth-order valence-corrected chi connectivity index (χ4v) is 1.89. The van der Waals surface area contributed by atoms with Gasteiger partial charge in [0.05, 0.1) is 5.69 Å². The summed E-state index contributed by atoms with van der Waals surface area (Å²) in [5.41, 5.74) is 6.89. The van der Waals surface area contributed by atoms with Crippen molar-refractivity contribution in [2.75, 3.05) is 5.32 Å². The Morgan fingerprint density at radius 3 is 2.65 bits per heavy atom. The lowest BCUT2D eigenvalue weighted by Crippen LogP contribution is -2.25. The minimum atomic E-state index is -0.469. The van der Waals surface area contributed by atoms with Gasteiger partial charge in [-0.25, -0.2) is 0 Å². The average Bonchev–Trinajstić information content (AvgIpc) is 2.22. The zero-order chi connectivity index (χ0) is 13.0. The Hall–Kier alpha value is -1.36. The molecular weight excluding hydrogens is 284 g/mol. The van der Waals surface area contributed by atoms with E-state index in [0.717, 1.165) is 10.0 Å². The van der Waals surface area contributed by atoms with Gasteiger partial charge in [-0.3, -0.25) is 9.59 Å². The van der Waals surface area contributed by atoms with Crippen molar-refractivity contribution < 1.29 is 9.59 Å². The number of nitrogens with two attached hydrogens (primary N) is 1. The van der Waals surface area contributed by atoms with Crippen molar-refractivity contribution in [3.63, 3.8) is 0 Å². The molecule has 5 heteroatoms. The van der Waals surface area contributed by atoms with Crippen LogP contribution in [-0.4, -0.2) is 11.8 Å². The molecule has 0 saturated carbocycles. The first-order valence-corrected chi connectivity index (χ1v) is 6.04. The Morgan fingerprint density at radius 2 is 2.12 bits per heavy atom. The van der Waals surface area contributed by atoms with Crippen LogP contribution in [0.15, 0.2) is 22.7 Å². The fourth-order valence-electron chi connectivity index (χ4n) is 1.30. The van der Waals surface area contributed by atoms with Gasteiger partial charge in [0.1, 0.15) is 0 Å². The van der Waals surface area contributed by atoms with Crippen LogP contribution in [0.4, 0.5) is 5.69 Å². The van der Waals surface area contributed by atoms with Crippen molar-refractivity contribution in [2.45, 2.75) is 20.3 Å². The van der Waals surface area contributed by atoms with Crippen LogP contribution >= 0.6 is 15.9 Å². The first kappa shape index (κ1) is 13.7. The first-order chi connectivity index (χ1) is 7.90. The summed E-state index contributed by atoms with van der Waals surface area (Å²) in [6.07, 6.45) is 0.0929. The third kappa shape index (κ3) is 4.19. The lowest BCUT2D eigenvalue weighted by Gasteiger charge is -2.10. The van der Waals surface area contributed by atoms with E-state index in [1.165, 1.54) is 0 Å². The van der Waals surface area contributed by atoms with Crippen molar-refractivity contribution in [1.82, 2.24) is 0 Å². The maximum absolute atomic E-state index is 11.6. The largest absolute Gasteiger partial charge is 0.369 e. The highest BCUT2D eigenvalue weighted by molar-refractivity contribution is 9.10. The third-order valence-electron chi connectivity index (χ3n) is 2.38. The molecule has 17 heavy (non-hydrogen) atoms. The number of amides is 2. The highest BCUT2D eigenvalue weighted by Crippen LogP contribution is 2.23. The van der Waals surface area contributed by atoms with Gasteiger partial charge in [0.15, 0.2) is 0 Å². The van der Waals surface area contributed by atoms with E-state index in [1.807, 2.05) is 25.1 Å². The number of benzene rings is 1. The van der Waals surface area contributed by atoms with Crippen LogP contribution in [0.2, 0.25) is 0 Å². The van der Waals surface area contributed by atoms with Gasteiger partial charge >= 0.3 is 0 Å². The van der Waals surface area contributed by atoms with Gasteiger partial charge in [0, 0.05) is 16.8 Å². The topological polar surface area (TPSA) is 72.2 Å². The predicted octanol–water partition coefficient (Wildman–Crippen LogP) is 2.21. The van der Waals surface area contributed by atoms with E-state index in [2.05, 4.69) is 21.2 Å². The van der Waals surface area contributed by atoms with E-state index < -0.39 is 11.8 Å². The summed E-state index contributed by atoms with van der Waals surface area (Å²) in [6, 6.07) is 5.62. The molecule has 3 N–H and O–H groups in total. The Kier molecular flexibility index (Phi) is 4.69. The van der Waals surface area contributed by atoms with Gasteiger partial charge in [-0.2, -0.15) is 0 Å². The second-order valence-electron chi connectivity index (χ2n) is 4.04. The summed E-state index contributed by atoms with van der Waals surface area (Å²) in [4.78, 5) is 22.5. The second kappa shape index (κ2) is 5.82. The van der Waals surface area contributed by atoms with Crippen molar-refractivity contribution in [1.29, 1.82) is 0 Å². The Morgan fingerprint density at radius 1 is 1.47 bits per heavy atom. The molecule has 1 rings (SSSR count). The minimum absolute atomic E-state index is 0.0929. The lowest BCUT2D eigenvalue weighted by molar-refractivity contribution is -0.125. The predicted molar refractivity (Wildman–Crippen MR) is 70.5 cm³/mol. The van der Waals surface area contributed by atoms with Crippen molar-refractivity contribution in [3.8, 4) is 0 Å². The van der Waals surface area contributed by atoms with Gasteiger partial charge < -0.3 is 11.1 Å². The molecule has 0 aliphatic rings. The average molecular weight is 299 g/mol. The number of anilines is 1. The van der Waals surface area contributed by atoms with Crippen molar-refractivity contribution in [2.24, 2.45) is 11.7 Å². The molecule has 0 radical (unpaired) electrons. The standard InChI is InChI=1S/C12H15BrN2O2/c1-7-3-4-10(9(13)5-7)15-11(16)6-8(2)12(14)17/h3-5,8H,6H2,1-2H3,(H2,14,17)(H,15,16). The first-order valence-electron chi connectivity index (χ1n) is 5.25. The molecule has 0 heterocycles. The lowest BCUT2D eigenvalue weighted by atomic mass is 10.1. The molecule has 1 aromatic rings. The molecule has 0 saturated heterocycles. The number of hydrogen-bond acceptors (Lipinski definition) is 2. The minimum Gasteiger partial charge on any atom is -0.369 e. The number of carbonyl (C=O) groups is 2. The summed E-state index contributed by atoms with van der Waals surface area (Å²) in [5, 5.41) is 2.73. The normalized spacial score (nSPS) is 11.9. The monoisotopic (exact) mass is 298 g/mol. The Bertz CT molecular complexity index is 446. The zero-order valence-electron chi connectivity index (χ0n) is 9.79. The molecule has 1 atom stereocenters. The molecule has 0 aliphatic carbocycles. The van der Waals surface area contributed by atoms with Crippen LogP contribution < -0.4 is 11.1 Å². The maximum atomic E-state index is 11.6. The van der Waals surface area contributed by atoms with E-state index in [9.17, 15) is 9.59 Å². The Labute approximate surface area is 109 Å². The fraction of sp³-hybridized carbons (Fsp3) is 0.333. The van der Waals surface area contributed by atoms with Crippen LogP contribution in [0.25, 0.3) is 0 Å². The van der Waals surface area contributed by atoms with Crippen LogP contribution in [0.3, 0.4) is 0 Å². The molecule has 0 spiro atoms. The number of primary amides is 1. The number of nitrogens with one attached hydrogen (secondary N) is 1. The molecule has 92 valence electrons. The van der Waals surface area contributed by atoms with Crippen LogP contribution in [0.1, 0.15) is 18.9 Å². The van der Waals surface area contributed by atoms with E-state index >= 15 is 0 Å². The summed E-state index contributed by atoms with van der Waals surface area (Å²) in [7, 11) is 0. The number of halogens is 1. The molecule has 0 fully saturated rings. The summed E-state index contributed by atoms with van der Waals surface area (Å²) in [6.45, 7) is 3.59.